The Balaban J connectivity index is 1.93. The summed E-state index contributed by atoms with van der Waals surface area (Å²) in [4.78, 5) is 0. The Morgan fingerprint density at radius 3 is 2.33 bits per heavy atom. The first kappa shape index (κ1) is 15.7. The van der Waals surface area contributed by atoms with Crippen LogP contribution in [-0.2, 0) is 13.2 Å². The topological polar surface area (TPSA) is 32.3 Å². The Hall–Kier alpha value is -1.64. The average molecular weight is 283 g/mol. The summed E-state index contributed by atoms with van der Waals surface area (Å²) in [6.07, 6.45) is 0. The fourth-order valence-electron chi connectivity index (χ4n) is 2.65. The zero-order valence-electron chi connectivity index (χ0n) is 12.9. The quantitative estimate of drug-likeness (QED) is 0.812. The maximum absolute atomic E-state index is 9.18. The molecule has 112 valence electrons. The van der Waals surface area contributed by atoms with Crippen LogP contribution in [0, 0.1) is 5.92 Å². The van der Waals surface area contributed by atoms with Crippen LogP contribution < -0.4 is 5.32 Å². The molecule has 0 fully saturated rings. The Morgan fingerprint density at radius 1 is 0.952 bits per heavy atom. The first-order chi connectivity index (χ1) is 10.2. The molecule has 1 unspecified atom stereocenters. The zero-order chi connectivity index (χ0) is 15.1. The van der Waals surface area contributed by atoms with E-state index in [0.717, 1.165) is 18.7 Å². The highest BCUT2D eigenvalue weighted by Crippen LogP contribution is 2.23. The van der Waals surface area contributed by atoms with E-state index in [9.17, 15) is 5.11 Å². The lowest BCUT2D eigenvalue weighted by atomic mass is 9.88. The van der Waals surface area contributed by atoms with Gasteiger partial charge in [-0.1, -0.05) is 68.4 Å². The molecular weight excluding hydrogens is 258 g/mol. The van der Waals surface area contributed by atoms with Crippen molar-refractivity contribution in [1.82, 2.24) is 5.32 Å². The molecule has 2 heteroatoms. The van der Waals surface area contributed by atoms with E-state index < -0.39 is 0 Å². The molecule has 0 radical (unpaired) electrons. The van der Waals surface area contributed by atoms with Gasteiger partial charge in [-0.15, -0.1) is 0 Å². The standard InChI is InChI=1S/C19H25NO/c1-15(2)19(18-9-4-3-5-10-18)13-20-12-16-7-6-8-17(11-16)14-21/h3-11,15,19-21H,12-14H2,1-2H3. The summed E-state index contributed by atoms with van der Waals surface area (Å²) in [5, 5.41) is 12.7. The molecule has 2 aromatic carbocycles. The van der Waals surface area contributed by atoms with E-state index in [1.54, 1.807) is 0 Å². The largest absolute Gasteiger partial charge is 0.392 e. The summed E-state index contributed by atoms with van der Waals surface area (Å²) in [5.74, 6) is 1.12. The van der Waals surface area contributed by atoms with Gasteiger partial charge in [-0.05, 0) is 28.5 Å². The molecule has 0 aromatic heterocycles. The highest BCUT2D eigenvalue weighted by atomic mass is 16.3. The fraction of sp³-hybridized carbons (Fsp3) is 0.368. The van der Waals surface area contributed by atoms with E-state index in [1.165, 1.54) is 11.1 Å². The molecular formula is C19H25NO. The Labute approximate surface area is 127 Å². The molecule has 1 atom stereocenters. The lowest BCUT2D eigenvalue weighted by molar-refractivity contribution is 0.281. The molecule has 0 aliphatic heterocycles. The number of hydrogen-bond donors (Lipinski definition) is 2. The summed E-state index contributed by atoms with van der Waals surface area (Å²) in [5.41, 5.74) is 3.58. The third-order valence-corrected chi connectivity index (χ3v) is 3.90. The van der Waals surface area contributed by atoms with Crippen molar-refractivity contribution in [3.63, 3.8) is 0 Å². The average Bonchev–Trinajstić information content (AvgIpc) is 2.52. The molecule has 2 aromatic rings. The smallest absolute Gasteiger partial charge is 0.0681 e. The second kappa shape index (κ2) is 7.96. The molecule has 21 heavy (non-hydrogen) atoms. The number of nitrogens with one attached hydrogen (secondary N) is 1. The van der Waals surface area contributed by atoms with Crippen molar-refractivity contribution in [3.8, 4) is 0 Å². The zero-order valence-corrected chi connectivity index (χ0v) is 12.9. The van der Waals surface area contributed by atoms with Gasteiger partial charge in [0.25, 0.3) is 0 Å². The number of hydrogen-bond acceptors (Lipinski definition) is 2. The molecule has 0 saturated heterocycles. The van der Waals surface area contributed by atoms with Crippen LogP contribution in [0.2, 0.25) is 0 Å². The maximum atomic E-state index is 9.18. The molecule has 0 heterocycles. The van der Waals surface area contributed by atoms with E-state index in [-0.39, 0.29) is 6.61 Å². The van der Waals surface area contributed by atoms with Crippen molar-refractivity contribution >= 4 is 0 Å². The van der Waals surface area contributed by atoms with Crippen LogP contribution in [0.5, 0.6) is 0 Å². The van der Waals surface area contributed by atoms with Gasteiger partial charge in [0.2, 0.25) is 0 Å². The van der Waals surface area contributed by atoms with Gasteiger partial charge in [0, 0.05) is 13.1 Å². The minimum atomic E-state index is 0.104. The van der Waals surface area contributed by atoms with Crippen molar-refractivity contribution in [1.29, 1.82) is 0 Å². The molecule has 2 rings (SSSR count). The van der Waals surface area contributed by atoms with Crippen LogP contribution in [0.15, 0.2) is 54.6 Å². The minimum absolute atomic E-state index is 0.104. The van der Waals surface area contributed by atoms with Crippen LogP contribution in [0.1, 0.15) is 36.5 Å². The van der Waals surface area contributed by atoms with E-state index in [2.05, 4.69) is 61.6 Å². The van der Waals surface area contributed by atoms with Crippen molar-refractivity contribution < 1.29 is 5.11 Å². The van der Waals surface area contributed by atoms with Crippen molar-refractivity contribution in [2.75, 3.05) is 6.54 Å². The van der Waals surface area contributed by atoms with Crippen LogP contribution in [0.4, 0.5) is 0 Å². The van der Waals surface area contributed by atoms with E-state index in [1.807, 2.05) is 12.1 Å². The maximum Gasteiger partial charge on any atom is 0.0681 e. The van der Waals surface area contributed by atoms with Crippen LogP contribution in [0.3, 0.4) is 0 Å². The van der Waals surface area contributed by atoms with Gasteiger partial charge in [0.15, 0.2) is 0 Å². The summed E-state index contributed by atoms with van der Waals surface area (Å²) in [7, 11) is 0. The lowest BCUT2D eigenvalue weighted by Gasteiger charge is -2.22. The molecule has 2 N–H and O–H groups in total. The second-order valence-electron chi connectivity index (χ2n) is 5.87. The SMILES string of the molecule is CC(C)C(CNCc1cccc(CO)c1)c1ccccc1. The highest BCUT2D eigenvalue weighted by molar-refractivity contribution is 5.23. The monoisotopic (exact) mass is 283 g/mol. The van der Waals surface area contributed by atoms with E-state index in [4.69, 9.17) is 0 Å². The summed E-state index contributed by atoms with van der Waals surface area (Å²) in [6, 6.07) is 18.8. The number of aliphatic hydroxyl groups excluding tert-OH is 1. The lowest BCUT2D eigenvalue weighted by Crippen LogP contribution is -2.24. The second-order valence-corrected chi connectivity index (χ2v) is 5.87. The predicted octanol–water partition coefficient (Wildman–Crippen LogP) is 3.71. The third kappa shape index (κ3) is 4.69. The molecule has 2 nitrogen and oxygen atoms in total. The molecule has 0 spiro atoms. The minimum Gasteiger partial charge on any atom is -0.392 e. The van der Waals surface area contributed by atoms with Gasteiger partial charge in [0.05, 0.1) is 6.61 Å². The van der Waals surface area contributed by atoms with Gasteiger partial charge < -0.3 is 10.4 Å². The summed E-state index contributed by atoms with van der Waals surface area (Å²) in [6.45, 7) is 6.44. The van der Waals surface area contributed by atoms with Crippen molar-refractivity contribution in [2.24, 2.45) is 5.92 Å². The Morgan fingerprint density at radius 2 is 1.67 bits per heavy atom. The summed E-state index contributed by atoms with van der Waals surface area (Å²) >= 11 is 0. The third-order valence-electron chi connectivity index (χ3n) is 3.90. The van der Waals surface area contributed by atoms with Crippen LogP contribution in [0.25, 0.3) is 0 Å². The van der Waals surface area contributed by atoms with Crippen LogP contribution >= 0.6 is 0 Å². The first-order valence-corrected chi connectivity index (χ1v) is 7.65. The Bertz CT molecular complexity index is 536. The van der Waals surface area contributed by atoms with Gasteiger partial charge >= 0.3 is 0 Å². The van der Waals surface area contributed by atoms with Gasteiger partial charge in [0.1, 0.15) is 0 Å². The first-order valence-electron chi connectivity index (χ1n) is 7.65. The predicted molar refractivity (Wildman–Crippen MR) is 88.1 cm³/mol. The number of aliphatic hydroxyl groups is 1. The van der Waals surface area contributed by atoms with Gasteiger partial charge in [-0.3, -0.25) is 0 Å². The fourth-order valence-corrected chi connectivity index (χ4v) is 2.65. The summed E-state index contributed by atoms with van der Waals surface area (Å²) < 4.78 is 0. The van der Waals surface area contributed by atoms with Crippen LogP contribution in [-0.4, -0.2) is 11.7 Å². The van der Waals surface area contributed by atoms with Crippen molar-refractivity contribution in [2.45, 2.75) is 32.9 Å². The number of rotatable bonds is 7. The van der Waals surface area contributed by atoms with Gasteiger partial charge in [-0.2, -0.15) is 0 Å². The number of benzene rings is 2. The molecule has 0 saturated carbocycles. The normalized spacial score (nSPS) is 12.6. The van der Waals surface area contributed by atoms with Gasteiger partial charge in [-0.25, -0.2) is 0 Å². The van der Waals surface area contributed by atoms with E-state index >= 15 is 0 Å². The Kier molecular flexibility index (Phi) is 5.97. The highest BCUT2D eigenvalue weighted by Gasteiger charge is 2.14. The van der Waals surface area contributed by atoms with E-state index in [0.29, 0.717) is 11.8 Å². The molecule has 0 amide bonds. The molecule has 0 aliphatic carbocycles. The molecule has 0 bridgehead atoms. The molecule has 0 aliphatic rings. The van der Waals surface area contributed by atoms with Crippen molar-refractivity contribution in [3.05, 3.63) is 71.3 Å².